The minimum absolute atomic E-state index is 0.170. The Morgan fingerprint density at radius 2 is 1.23 bits per heavy atom. The summed E-state index contributed by atoms with van der Waals surface area (Å²) in [6.45, 7) is 7.36. The quantitative estimate of drug-likeness (QED) is 0.150. The molecule has 35 heavy (non-hydrogen) atoms. The molecular weight excluding hydrogens is 541 g/mol. The number of ether oxygens (including phenoxy) is 1. The number of imide groups is 1. The van der Waals surface area contributed by atoms with Gasteiger partial charge in [-0.15, -0.1) is 0 Å². The normalized spacial score (nSPS) is 13.4. The molecule has 5 heteroatoms. The van der Waals surface area contributed by atoms with E-state index in [4.69, 9.17) is 4.74 Å². The zero-order chi connectivity index (χ0) is 25.1. The number of amides is 2. The number of hydrogen-bond acceptors (Lipinski definition) is 3. The third-order valence-electron chi connectivity index (χ3n) is 7.39. The summed E-state index contributed by atoms with van der Waals surface area (Å²) >= 11 is -2.38. The molecule has 190 valence electrons. The second kappa shape index (κ2) is 14.1. The molecule has 0 aromatic heterocycles. The molecule has 2 aromatic carbocycles. The van der Waals surface area contributed by atoms with Gasteiger partial charge in [-0.25, -0.2) is 0 Å². The second-order valence-corrected chi connectivity index (χ2v) is 23.8. The van der Waals surface area contributed by atoms with Crippen molar-refractivity contribution >= 4 is 30.2 Å². The first-order valence-electron chi connectivity index (χ1n) is 13.7. The fourth-order valence-corrected chi connectivity index (χ4v) is 19.3. The first kappa shape index (κ1) is 27.8. The SMILES string of the molecule is CCC[CH2][Sn]([CH2]CCC)([CH2]CCC)[CH2]Oc1ccccc1CCCN1C(=O)c2ccccc2C1=O. The van der Waals surface area contributed by atoms with E-state index in [9.17, 15) is 9.59 Å². The predicted octanol–water partition coefficient (Wildman–Crippen LogP) is 7.68. The van der Waals surface area contributed by atoms with Crippen LogP contribution >= 0.6 is 0 Å². The molecule has 1 heterocycles. The molecule has 0 N–H and O–H groups in total. The number of fused-ring (bicyclic) bond motifs is 1. The van der Waals surface area contributed by atoms with Gasteiger partial charge >= 0.3 is 217 Å². The summed E-state index contributed by atoms with van der Waals surface area (Å²) in [7, 11) is 0. The number of carbonyl (C=O) groups excluding carboxylic acids is 2. The Balaban J connectivity index is 1.63. The zero-order valence-electron chi connectivity index (χ0n) is 22.0. The zero-order valence-corrected chi connectivity index (χ0v) is 24.8. The standard InChI is InChI=1S/C18H16NO3.3C4H9.Sn/c1-22-16-11-5-2-7-13(16)8-6-12-19-17(20)14-9-3-4-10-15(14)18(19)21;3*1-3-4-2;/h2-5,7,9-11H,1,6,8,12H2;3*1,3-4H2,2H3;. The van der Waals surface area contributed by atoms with Crippen LogP contribution < -0.4 is 4.74 Å². The molecule has 0 fully saturated rings. The van der Waals surface area contributed by atoms with Gasteiger partial charge in [0.25, 0.3) is 0 Å². The van der Waals surface area contributed by atoms with E-state index in [1.165, 1.54) is 62.3 Å². The molecule has 3 rings (SSSR count). The summed E-state index contributed by atoms with van der Waals surface area (Å²) in [5, 5.41) is 0. The molecule has 1 aliphatic rings. The van der Waals surface area contributed by atoms with E-state index in [-0.39, 0.29) is 11.8 Å². The van der Waals surface area contributed by atoms with Gasteiger partial charge in [0.2, 0.25) is 0 Å². The fraction of sp³-hybridized carbons (Fsp3) is 0.533. The van der Waals surface area contributed by atoms with Crippen molar-refractivity contribution in [3.05, 3.63) is 65.2 Å². The molecule has 2 amide bonds. The van der Waals surface area contributed by atoms with Crippen LogP contribution in [0.15, 0.2) is 48.5 Å². The third kappa shape index (κ3) is 7.34. The number of nitrogens with zero attached hydrogens (tertiary/aromatic N) is 1. The monoisotopic (exact) mass is 585 g/mol. The Kier molecular flexibility index (Phi) is 11.1. The Bertz CT molecular complexity index is 917. The molecule has 0 aliphatic carbocycles. The van der Waals surface area contributed by atoms with Gasteiger partial charge in [0, 0.05) is 0 Å². The molecule has 0 saturated heterocycles. The Hall–Kier alpha value is -1.82. The number of benzene rings is 2. The Morgan fingerprint density at radius 3 is 1.77 bits per heavy atom. The van der Waals surface area contributed by atoms with E-state index in [0.717, 1.165) is 23.2 Å². The Labute approximate surface area is 216 Å². The number of hydrogen-bond donors (Lipinski definition) is 0. The molecule has 4 nitrogen and oxygen atoms in total. The summed E-state index contributed by atoms with van der Waals surface area (Å²) in [5.41, 5.74) is 2.23. The molecule has 0 unspecified atom stereocenters. The van der Waals surface area contributed by atoms with Crippen LogP contribution in [0.25, 0.3) is 0 Å². The first-order chi connectivity index (χ1) is 17.0. The van der Waals surface area contributed by atoms with Crippen molar-refractivity contribution in [2.75, 3.05) is 11.2 Å². The van der Waals surface area contributed by atoms with Crippen molar-refractivity contribution in [1.29, 1.82) is 0 Å². The molecule has 0 saturated carbocycles. The van der Waals surface area contributed by atoms with Crippen LogP contribution in [-0.2, 0) is 6.42 Å². The maximum atomic E-state index is 12.7. The first-order valence-corrected chi connectivity index (χ1v) is 21.8. The van der Waals surface area contributed by atoms with Crippen molar-refractivity contribution < 1.29 is 14.3 Å². The van der Waals surface area contributed by atoms with Crippen molar-refractivity contribution in [2.24, 2.45) is 0 Å². The summed E-state index contributed by atoms with van der Waals surface area (Å²) in [4.78, 5) is 26.7. The van der Waals surface area contributed by atoms with Crippen LogP contribution in [0, 0.1) is 0 Å². The van der Waals surface area contributed by atoms with Crippen molar-refractivity contribution in [3.63, 3.8) is 0 Å². The van der Waals surface area contributed by atoms with Crippen LogP contribution in [0.4, 0.5) is 0 Å². The van der Waals surface area contributed by atoms with Crippen LogP contribution in [-0.4, -0.2) is 46.3 Å². The van der Waals surface area contributed by atoms with Crippen molar-refractivity contribution in [2.45, 2.75) is 85.4 Å². The molecule has 2 aromatic rings. The van der Waals surface area contributed by atoms with E-state index >= 15 is 0 Å². The molecule has 0 spiro atoms. The average Bonchev–Trinajstić information content (AvgIpc) is 3.13. The van der Waals surface area contributed by atoms with Crippen LogP contribution in [0.5, 0.6) is 5.75 Å². The van der Waals surface area contributed by atoms with Gasteiger partial charge in [0.1, 0.15) is 0 Å². The van der Waals surface area contributed by atoms with Crippen LogP contribution in [0.2, 0.25) is 13.3 Å². The Morgan fingerprint density at radius 1 is 0.714 bits per heavy atom. The molecular formula is C30H43NO3Sn. The van der Waals surface area contributed by atoms with Gasteiger partial charge in [0.05, 0.1) is 0 Å². The van der Waals surface area contributed by atoms with Gasteiger partial charge in [-0.2, -0.15) is 0 Å². The topological polar surface area (TPSA) is 46.6 Å². The number of carbonyl (C=O) groups is 2. The van der Waals surface area contributed by atoms with E-state index in [1.54, 1.807) is 12.1 Å². The number of para-hydroxylation sites is 1. The summed E-state index contributed by atoms with van der Waals surface area (Å²) in [6, 6.07) is 15.5. The number of aryl methyl sites for hydroxylation is 1. The number of rotatable bonds is 16. The fourth-order valence-electron chi connectivity index (χ4n) is 5.20. The molecule has 0 atom stereocenters. The summed E-state index contributed by atoms with van der Waals surface area (Å²) in [6.07, 6.45) is 9.37. The summed E-state index contributed by atoms with van der Waals surface area (Å²) in [5.74, 6) is 0.661. The maximum absolute atomic E-state index is 12.7. The third-order valence-corrected chi connectivity index (χ3v) is 21.7. The summed E-state index contributed by atoms with van der Waals surface area (Å²) < 4.78 is 11.9. The molecule has 0 radical (unpaired) electrons. The predicted molar refractivity (Wildman–Crippen MR) is 147 cm³/mol. The van der Waals surface area contributed by atoms with Crippen molar-refractivity contribution in [1.82, 2.24) is 4.90 Å². The molecule has 0 bridgehead atoms. The number of unbranched alkanes of at least 4 members (excludes halogenated alkanes) is 3. The van der Waals surface area contributed by atoms with E-state index < -0.39 is 18.4 Å². The average molecular weight is 584 g/mol. The molecule has 1 aliphatic heterocycles. The van der Waals surface area contributed by atoms with Gasteiger partial charge in [-0.1, -0.05) is 0 Å². The van der Waals surface area contributed by atoms with E-state index in [0.29, 0.717) is 17.7 Å². The van der Waals surface area contributed by atoms with Crippen molar-refractivity contribution in [3.8, 4) is 5.75 Å². The van der Waals surface area contributed by atoms with E-state index in [1.807, 2.05) is 12.1 Å². The van der Waals surface area contributed by atoms with E-state index in [2.05, 4.69) is 45.0 Å². The van der Waals surface area contributed by atoms with Gasteiger partial charge in [0.15, 0.2) is 0 Å². The van der Waals surface area contributed by atoms with Crippen LogP contribution in [0.3, 0.4) is 0 Å². The van der Waals surface area contributed by atoms with Gasteiger partial charge in [-0.3, -0.25) is 0 Å². The van der Waals surface area contributed by atoms with Gasteiger partial charge in [-0.05, 0) is 0 Å². The second-order valence-electron chi connectivity index (χ2n) is 10.1. The van der Waals surface area contributed by atoms with Gasteiger partial charge < -0.3 is 0 Å². The van der Waals surface area contributed by atoms with Crippen LogP contribution in [0.1, 0.15) is 92.0 Å². The minimum atomic E-state index is -2.38.